The highest BCUT2D eigenvalue weighted by Gasteiger charge is 2.27. The topological polar surface area (TPSA) is 105 Å². The third kappa shape index (κ3) is 52.1. The highest BCUT2D eigenvalue weighted by molar-refractivity contribution is 7.47. The number of carbonyl (C=O) groups is 1. The summed E-state index contributed by atoms with van der Waals surface area (Å²) in [5, 5.41) is 13.9. The summed E-state index contributed by atoms with van der Waals surface area (Å²) in [7, 11) is 1.56. The quantitative estimate of drug-likeness (QED) is 0.0243. The lowest BCUT2D eigenvalue weighted by atomic mass is 10.0. The Bertz CT molecular complexity index is 1230. The number of rotatable bonds is 52. The first-order chi connectivity index (χ1) is 32.5. The average Bonchev–Trinajstić information content (AvgIpc) is 3.29. The summed E-state index contributed by atoms with van der Waals surface area (Å²) in [5.41, 5.74) is 0. The zero-order chi connectivity index (χ0) is 49.2. The standard InChI is InChI=1S/C58H111N2O6P/c1-6-8-10-12-14-16-18-20-22-23-24-25-26-27-28-29-30-31-32-33-34-35-36-37-38-40-42-44-46-48-50-52-58(62)59-56(55-66-67(63,64)65-54-53-60(3,4)5)57(61)51-49-47-45-43-41-39-21-19-17-15-13-11-9-7-2/h24-25,27-28,41,43,49,51,56-57,61H,6-23,26,29-40,42,44-48,50,52-55H2,1-5H3,(H-,59,62,63,64)/p+1/b25-24-,28-27-,43-41+,51-49+. The van der Waals surface area contributed by atoms with Gasteiger partial charge in [0.15, 0.2) is 0 Å². The van der Waals surface area contributed by atoms with E-state index in [0.717, 1.165) is 44.9 Å². The summed E-state index contributed by atoms with van der Waals surface area (Å²) in [6.45, 7) is 4.80. The SMILES string of the molecule is CCCCCCCCCC/C=C/CC/C=C/C(O)C(COP(=O)(O)OCC[N+](C)(C)C)NC(=O)CCCCCCCCCCCCCCCCC/C=C\C/C=C\CCCCCCCCCCC. The molecule has 0 aromatic carbocycles. The summed E-state index contributed by atoms with van der Waals surface area (Å²) in [6, 6.07) is -0.863. The molecule has 0 aliphatic heterocycles. The second-order valence-corrected chi connectivity index (χ2v) is 22.1. The third-order valence-corrected chi connectivity index (χ3v) is 13.8. The van der Waals surface area contributed by atoms with Crippen LogP contribution in [0, 0.1) is 0 Å². The Labute approximate surface area is 416 Å². The van der Waals surface area contributed by atoms with Gasteiger partial charge in [0.1, 0.15) is 13.2 Å². The van der Waals surface area contributed by atoms with E-state index in [1.54, 1.807) is 6.08 Å². The van der Waals surface area contributed by atoms with Crippen molar-refractivity contribution in [3.05, 3.63) is 48.6 Å². The zero-order valence-electron chi connectivity index (χ0n) is 44.9. The molecule has 3 unspecified atom stereocenters. The van der Waals surface area contributed by atoms with Crippen molar-refractivity contribution in [2.45, 2.75) is 276 Å². The van der Waals surface area contributed by atoms with E-state index >= 15 is 0 Å². The molecule has 1 amide bonds. The monoisotopic (exact) mass is 964 g/mol. The molecular weight excluding hydrogens is 852 g/mol. The lowest BCUT2D eigenvalue weighted by Gasteiger charge is -2.25. The first-order valence-corrected chi connectivity index (χ1v) is 30.0. The fourth-order valence-corrected chi connectivity index (χ4v) is 9.00. The normalized spacial score (nSPS) is 14.3. The minimum absolute atomic E-state index is 0.0560. The van der Waals surface area contributed by atoms with Gasteiger partial charge in [-0.2, -0.15) is 0 Å². The van der Waals surface area contributed by atoms with Crippen LogP contribution in [0.2, 0.25) is 0 Å². The van der Waals surface area contributed by atoms with Crippen LogP contribution in [-0.4, -0.2) is 73.4 Å². The number of amides is 1. The Balaban J connectivity index is 4.10. The van der Waals surface area contributed by atoms with E-state index < -0.39 is 20.0 Å². The molecule has 9 heteroatoms. The van der Waals surface area contributed by atoms with Crippen LogP contribution in [0.3, 0.4) is 0 Å². The molecule has 0 aromatic heterocycles. The molecule has 3 N–H and O–H groups in total. The van der Waals surface area contributed by atoms with E-state index in [0.29, 0.717) is 17.4 Å². The van der Waals surface area contributed by atoms with Gasteiger partial charge >= 0.3 is 7.82 Å². The first kappa shape index (κ1) is 65.5. The predicted molar refractivity (Wildman–Crippen MR) is 291 cm³/mol. The van der Waals surface area contributed by atoms with Crippen molar-refractivity contribution in [3.8, 4) is 0 Å². The number of allylic oxidation sites excluding steroid dienone is 7. The average molecular weight is 965 g/mol. The minimum Gasteiger partial charge on any atom is -0.387 e. The number of nitrogens with one attached hydrogen (secondary N) is 1. The molecule has 394 valence electrons. The number of nitrogens with zero attached hydrogens (tertiary/aromatic N) is 1. The number of aliphatic hydroxyl groups excluding tert-OH is 1. The molecule has 0 heterocycles. The van der Waals surface area contributed by atoms with Crippen LogP contribution in [0.1, 0.15) is 264 Å². The number of quaternary nitrogens is 1. The van der Waals surface area contributed by atoms with Crippen LogP contribution in [0.15, 0.2) is 48.6 Å². The van der Waals surface area contributed by atoms with Crippen molar-refractivity contribution in [2.24, 2.45) is 0 Å². The van der Waals surface area contributed by atoms with Crippen molar-refractivity contribution in [2.75, 3.05) is 40.9 Å². The molecule has 0 radical (unpaired) electrons. The molecule has 3 atom stereocenters. The number of hydrogen-bond acceptors (Lipinski definition) is 5. The minimum atomic E-state index is -4.35. The zero-order valence-corrected chi connectivity index (χ0v) is 45.8. The van der Waals surface area contributed by atoms with Crippen LogP contribution in [0.25, 0.3) is 0 Å². The maximum atomic E-state index is 12.9. The van der Waals surface area contributed by atoms with Crippen molar-refractivity contribution >= 4 is 13.7 Å². The number of phosphoric acid groups is 1. The van der Waals surface area contributed by atoms with Crippen molar-refractivity contribution in [1.82, 2.24) is 5.32 Å². The van der Waals surface area contributed by atoms with Gasteiger partial charge in [0.05, 0.1) is 39.9 Å². The molecule has 0 aromatic rings. The summed E-state index contributed by atoms with van der Waals surface area (Å²) in [6.07, 6.45) is 65.1. The second-order valence-electron chi connectivity index (χ2n) is 20.7. The van der Waals surface area contributed by atoms with E-state index in [9.17, 15) is 19.4 Å². The van der Waals surface area contributed by atoms with Gasteiger partial charge in [-0.15, -0.1) is 0 Å². The van der Waals surface area contributed by atoms with Crippen LogP contribution in [0.4, 0.5) is 0 Å². The highest BCUT2D eigenvalue weighted by atomic mass is 31.2. The Kier molecular flexibility index (Phi) is 48.3. The third-order valence-electron chi connectivity index (χ3n) is 12.8. The van der Waals surface area contributed by atoms with Gasteiger partial charge in [-0.3, -0.25) is 13.8 Å². The molecule has 8 nitrogen and oxygen atoms in total. The van der Waals surface area contributed by atoms with Crippen LogP contribution in [-0.2, 0) is 18.4 Å². The molecule has 0 saturated carbocycles. The Hall–Kier alpha value is -1.54. The summed E-state index contributed by atoms with van der Waals surface area (Å²) >= 11 is 0. The summed E-state index contributed by atoms with van der Waals surface area (Å²) in [5.74, 6) is -0.186. The molecule has 0 rings (SSSR count). The van der Waals surface area contributed by atoms with Crippen LogP contribution >= 0.6 is 7.82 Å². The Morgan fingerprint density at radius 1 is 0.507 bits per heavy atom. The Morgan fingerprint density at radius 3 is 1.28 bits per heavy atom. The van der Waals surface area contributed by atoms with E-state index in [1.165, 1.54) is 199 Å². The smallest absolute Gasteiger partial charge is 0.387 e. The summed E-state index contributed by atoms with van der Waals surface area (Å²) < 4.78 is 23.6. The molecule has 0 saturated heterocycles. The largest absolute Gasteiger partial charge is 0.472 e. The molecule has 0 bridgehead atoms. The number of phosphoric ester groups is 1. The number of unbranched alkanes of at least 4 members (excludes halogenated alkanes) is 33. The van der Waals surface area contributed by atoms with Gasteiger partial charge in [-0.25, -0.2) is 4.57 Å². The highest BCUT2D eigenvalue weighted by Crippen LogP contribution is 2.43. The lowest BCUT2D eigenvalue weighted by Crippen LogP contribution is -2.45. The fourth-order valence-electron chi connectivity index (χ4n) is 8.27. The number of aliphatic hydroxyl groups is 1. The van der Waals surface area contributed by atoms with E-state index in [1.807, 2.05) is 27.2 Å². The van der Waals surface area contributed by atoms with Gasteiger partial charge in [0, 0.05) is 6.42 Å². The Morgan fingerprint density at radius 2 is 0.866 bits per heavy atom. The number of carbonyl (C=O) groups excluding carboxylic acids is 1. The molecular formula is C58H112N2O6P+. The van der Waals surface area contributed by atoms with Crippen LogP contribution in [0.5, 0.6) is 0 Å². The van der Waals surface area contributed by atoms with Crippen molar-refractivity contribution in [1.29, 1.82) is 0 Å². The van der Waals surface area contributed by atoms with Crippen molar-refractivity contribution < 1.29 is 32.9 Å². The maximum Gasteiger partial charge on any atom is 0.472 e. The van der Waals surface area contributed by atoms with E-state index in [2.05, 4.69) is 55.6 Å². The fraction of sp³-hybridized carbons (Fsp3) is 0.845. The molecule has 0 aliphatic carbocycles. The predicted octanol–water partition coefficient (Wildman–Crippen LogP) is 17.2. The van der Waals surface area contributed by atoms with Gasteiger partial charge in [-0.1, -0.05) is 242 Å². The molecule has 67 heavy (non-hydrogen) atoms. The van der Waals surface area contributed by atoms with Crippen LogP contribution < -0.4 is 5.32 Å². The number of hydrogen-bond donors (Lipinski definition) is 3. The van der Waals surface area contributed by atoms with E-state index in [4.69, 9.17) is 9.05 Å². The molecule has 0 aliphatic rings. The van der Waals surface area contributed by atoms with Gasteiger partial charge in [0.25, 0.3) is 0 Å². The van der Waals surface area contributed by atoms with Gasteiger partial charge in [0.2, 0.25) is 5.91 Å². The first-order valence-electron chi connectivity index (χ1n) is 28.5. The number of likely N-dealkylation sites (N-methyl/N-ethyl adjacent to an activating group) is 1. The van der Waals surface area contributed by atoms with E-state index in [-0.39, 0.29) is 19.1 Å². The molecule has 0 spiro atoms. The second kappa shape index (κ2) is 49.4. The maximum absolute atomic E-state index is 12.9. The van der Waals surface area contributed by atoms with Gasteiger partial charge in [-0.05, 0) is 64.2 Å². The summed E-state index contributed by atoms with van der Waals surface area (Å²) in [4.78, 5) is 23.2. The van der Waals surface area contributed by atoms with Crippen molar-refractivity contribution in [3.63, 3.8) is 0 Å². The van der Waals surface area contributed by atoms with Gasteiger partial charge < -0.3 is 19.8 Å². The lowest BCUT2D eigenvalue weighted by molar-refractivity contribution is -0.870. The molecule has 0 fully saturated rings.